The molecule has 1 aromatic rings. The van der Waals surface area contributed by atoms with Crippen LogP contribution >= 0.6 is 23.7 Å². The predicted molar refractivity (Wildman–Crippen MR) is 81.5 cm³/mol. The molecule has 112 valence electrons. The van der Waals surface area contributed by atoms with Crippen molar-refractivity contribution in [3.05, 3.63) is 10.7 Å². The number of hydrogen-bond acceptors (Lipinski definition) is 5. The average molecular weight is 328 g/mol. The smallest absolute Gasteiger partial charge is 0.252 e. The summed E-state index contributed by atoms with van der Waals surface area (Å²) in [4.78, 5) is 4.14. The summed E-state index contributed by atoms with van der Waals surface area (Å²) in [7, 11) is -3.49. The Balaban J connectivity index is 0.00000324. The van der Waals surface area contributed by atoms with Gasteiger partial charge >= 0.3 is 0 Å². The predicted octanol–water partition coefficient (Wildman–Crippen LogP) is 1.98. The van der Waals surface area contributed by atoms with Crippen molar-refractivity contribution in [1.82, 2.24) is 9.71 Å². The van der Waals surface area contributed by atoms with Crippen LogP contribution in [0.5, 0.6) is 0 Å². The molecule has 0 aliphatic rings. The Labute approximate surface area is 125 Å². The van der Waals surface area contributed by atoms with Crippen LogP contribution in [0, 0.1) is 13.8 Å². The summed E-state index contributed by atoms with van der Waals surface area (Å²) in [5.74, 6) is 0. The number of rotatable bonds is 7. The Morgan fingerprint density at radius 1 is 1.42 bits per heavy atom. The monoisotopic (exact) mass is 327 g/mol. The van der Waals surface area contributed by atoms with E-state index in [4.69, 9.17) is 5.73 Å². The summed E-state index contributed by atoms with van der Waals surface area (Å²) in [5.41, 5.74) is 6.15. The minimum Gasteiger partial charge on any atom is -0.329 e. The van der Waals surface area contributed by atoms with E-state index in [2.05, 4.69) is 16.6 Å². The first-order valence-corrected chi connectivity index (χ1v) is 8.37. The number of aromatic nitrogens is 1. The number of hydrogen-bond donors (Lipinski definition) is 2. The van der Waals surface area contributed by atoms with Crippen molar-refractivity contribution >= 4 is 33.8 Å². The fourth-order valence-corrected chi connectivity index (χ4v) is 4.49. The molecule has 5 nitrogen and oxygen atoms in total. The lowest BCUT2D eigenvalue weighted by Crippen LogP contribution is -2.40. The van der Waals surface area contributed by atoms with E-state index in [1.54, 1.807) is 13.8 Å². The first-order chi connectivity index (χ1) is 8.40. The topological polar surface area (TPSA) is 85.1 Å². The minimum absolute atomic E-state index is 0. The van der Waals surface area contributed by atoms with E-state index in [9.17, 15) is 8.42 Å². The first-order valence-electron chi connectivity index (χ1n) is 6.07. The molecule has 0 aromatic carbocycles. The van der Waals surface area contributed by atoms with Crippen molar-refractivity contribution in [3.63, 3.8) is 0 Å². The van der Waals surface area contributed by atoms with Crippen molar-refractivity contribution in [2.75, 3.05) is 6.54 Å². The lowest BCUT2D eigenvalue weighted by molar-refractivity contribution is 0.517. The Morgan fingerprint density at radius 2 is 2.05 bits per heavy atom. The average Bonchev–Trinajstić information content (AvgIpc) is 2.64. The molecule has 0 spiro atoms. The van der Waals surface area contributed by atoms with Gasteiger partial charge < -0.3 is 5.73 Å². The molecule has 1 heterocycles. The highest BCUT2D eigenvalue weighted by Crippen LogP contribution is 2.23. The van der Waals surface area contributed by atoms with E-state index in [1.807, 2.05) is 0 Å². The quantitative estimate of drug-likeness (QED) is 0.802. The van der Waals surface area contributed by atoms with Gasteiger partial charge in [-0.2, -0.15) is 0 Å². The molecule has 0 saturated carbocycles. The molecular weight excluding hydrogens is 306 g/mol. The number of nitrogens with two attached hydrogens (primary N) is 1. The number of unbranched alkanes of at least 4 members (excludes halogenated alkanes) is 1. The molecule has 0 radical (unpaired) electrons. The third kappa shape index (κ3) is 5.35. The molecule has 3 N–H and O–H groups in total. The number of halogens is 1. The van der Waals surface area contributed by atoms with Gasteiger partial charge in [-0.15, -0.1) is 23.7 Å². The van der Waals surface area contributed by atoms with Crippen LogP contribution < -0.4 is 10.5 Å². The second-order valence-corrected chi connectivity index (χ2v) is 7.41. The Hall–Kier alpha value is -0.210. The van der Waals surface area contributed by atoms with Crippen LogP contribution in [-0.4, -0.2) is 26.0 Å². The Bertz CT molecular complexity index is 488. The zero-order valence-electron chi connectivity index (χ0n) is 11.5. The summed E-state index contributed by atoms with van der Waals surface area (Å²) in [6.45, 7) is 5.89. The number of nitrogens with zero attached hydrogens (tertiary/aromatic N) is 1. The molecule has 1 unspecified atom stereocenters. The van der Waals surface area contributed by atoms with E-state index >= 15 is 0 Å². The second kappa shape index (κ2) is 8.16. The van der Waals surface area contributed by atoms with Gasteiger partial charge in [-0.25, -0.2) is 18.1 Å². The van der Waals surface area contributed by atoms with Crippen molar-refractivity contribution in [2.24, 2.45) is 5.73 Å². The highest BCUT2D eigenvalue weighted by Gasteiger charge is 2.23. The van der Waals surface area contributed by atoms with Gasteiger partial charge in [0.25, 0.3) is 10.0 Å². The molecule has 8 heteroatoms. The number of aryl methyl sites for hydroxylation is 2. The lowest BCUT2D eigenvalue weighted by atomic mass is 10.1. The normalized spacial score (nSPS) is 13.1. The summed E-state index contributed by atoms with van der Waals surface area (Å²) >= 11 is 1.20. The van der Waals surface area contributed by atoms with Gasteiger partial charge in [0.15, 0.2) is 4.21 Å². The molecule has 0 aliphatic carbocycles. The van der Waals surface area contributed by atoms with E-state index in [0.717, 1.165) is 24.3 Å². The first kappa shape index (κ1) is 18.8. The van der Waals surface area contributed by atoms with Crippen LogP contribution in [0.25, 0.3) is 0 Å². The Morgan fingerprint density at radius 3 is 2.47 bits per heavy atom. The SMILES string of the molecule is CCCCC(CN)NS(=O)(=O)c1sc(C)nc1C.Cl. The maximum atomic E-state index is 12.2. The van der Waals surface area contributed by atoms with Gasteiger partial charge in [0.2, 0.25) is 0 Å². The summed E-state index contributed by atoms with van der Waals surface area (Å²) in [6, 6.07) is -0.197. The van der Waals surface area contributed by atoms with E-state index in [1.165, 1.54) is 11.3 Å². The van der Waals surface area contributed by atoms with Gasteiger partial charge in [0.1, 0.15) is 0 Å². The third-order valence-corrected chi connectivity index (χ3v) is 5.82. The fourth-order valence-electron chi connectivity index (χ4n) is 1.71. The zero-order chi connectivity index (χ0) is 13.8. The molecule has 0 bridgehead atoms. The van der Waals surface area contributed by atoms with Crippen molar-refractivity contribution in [2.45, 2.75) is 50.3 Å². The molecule has 1 atom stereocenters. The van der Waals surface area contributed by atoms with Crippen LogP contribution in [0.15, 0.2) is 4.21 Å². The van der Waals surface area contributed by atoms with Crippen LogP contribution in [0.3, 0.4) is 0 Å². The largest absolute Gasteiger partial charge is 0.329 e. The van der Waals surface area contributed by atoms with Gasteiger partial charge in [0.05, 0.1) is 10.7 Å². The van der Waals surface area contributed by atoms with Crippen molar-refractivity contribution in [1.29, 1.82) is 0 Å². The highest BCUT2D eigenvalue weighted by atomic mass is 35.5. The van der Waals surface area contributed by atoms with Crippen LogP contribution in [0.1, 0.15) is 36.9 Å². The summed E-state index contributed by atoms with van der Waals surface area (Å²) in [6.07, 6.45) is 2.76. The molecule has 1 aromatic heterocycles. The molecule has 19 heavy (non-hydrogen) atoms. The minimum atomic E-state index is -3.49. The summed E-state index contributed by atoms with van der Waals surface area (Å²) < 4.78 is 27.4. The van der Waals surface area contributed by atoms with E-state index < -0.39 is 10.0 Å². The standard InChI is InChI=1S/C11H21N3O2S2.ClH/c1-4-5-6-10(7-12)14-18(15,16)11-8(2)13-9(3)17-11;/h10,14H,4-7,12H2,1-3H3;1H. The maximum Gasteiger partial charge on any atom is 0.252 e. The molecule has 0 amide bonds. The van der Waals surface area contributed by atoms with Crippen molar-refractivity contribution in [3.8, 4) is 0 Å². The van der Waals surface area contributed by atoms with Crippen LogP contribution in [0.2, 0.25) is 0 Å². The third-order valence-electron chi connectivity index (χ3n) is 2.62. The maximum absolute atomic E-state index is 12.2. The van der Waals surface area contributed by atoms with E-state index in [0.29, 0.717) is 16.4 Å². The second-order valence-electron chi connectivity index (χ2n) is 4.30. The number of nitrogens with one attached hydrogen (secondary N) is 1. The number of thiazole rings is 1. The molecule has 1 rings (SSSR count). The van der Waals surface area contributed by atoms with Crippen molar-refractivity contribution < 1.29 is 8.42 Å². The van der Waals surface area contributed by atoms with Crippen LogP contribution in [-0.2, 0) is 10.0 Å². The van der Waals surface area contributed by atoms with Crippen LogP contribution in [0.4, 0.5) is 0 Å². The van der Waals surface area contributed by atoms with Gasteiger partial charge in [-0.1, -0.05) is 19.8 Å². The number of sulfonamides is 1. The highest BCUT2D eigenvalue weighted by molar-refractivity contribution is 7.91. The lowest BCUT2D eigenvalue weighted by Gasteiger charge is -2.15. The Kier molecular flexibility index (Phi) is 8.07. The summed E-state index contributed by atoms with van der Waals surface area (Å²) in [5, 5.41) is 0.755. The molecule has 0 fully saturated rings. The molecule has 0 aliphatic heterocycles. The fraction of sp³-hybridized carbons (Fsp3) is 0.727. The molecule has 0 saturated heterocycles. The van der Waals surface area contributed by atoms with Gasteiger partial charge in [0, 0.05) is 12.6 Å². The van der Waals surface area contributed by atoms with Gasteiger partial charge in [-0.3, -0.25) is 0 Å². The zero-order valence-corrected chi connectivity index (χ0v) is 13.9. The molecular formula is C11H22ClN3O2S2. The van der Waals surface area contributed by atoms with Gasteiger partial charge in [-0.05, 0) is 20.3 Å². The van der Waals surface area contributed by atoms with E-state index in [-0.39, 0.29) is 18.4 Å².